The molecule has 1 heterocycles. The van der Waals surface area contributed by atoms with Gasteiger partial charge in [-0.25, -0.2) is 0 Å². The maximum absolute atomic E-state index is 13.3. The molecule has 2 aromatic rings. The van der Waals surface area contributed by atoms with E-state index >= 15 is 0 Å². The van der Waals surface area contributed by atoms with Crippen molar-refractivity contribution in [2.24, 2.45) is 0 Å². The van der Waals surface area contributed by atoms with E-state index in [9.17, 15) is 23.1 Å². The Balaban J connectivity index is 2.29. The Labute approximate surface area is 142 Å². The van der Waals surface area contributed by atoms with Crippen LogP contribution in [0.2, 0.25) is 0 Å². The summed E-state index contributed by atoms with van der Waals surface area (Å²) < 4.78 is 44.7. The number of halogens is 3. The van der Waals surface area contributed by atoms with Crippen LogP contribution < -0.4 is 4.74 Å². The van der Waals surface area contributed by atoms with E-state index < -0.39 is 24.0 Å². The monoisotopic (exact) mass is 349 g/mol. The fraction of sp³-hybridized carbons (Fsp3) is 0.222. The topological polar surface area (TPSA) is 59.4 Å². The zero-order valence-corrected chi connectivity index (χ0v) is 13.2. The number of Topliss-reactive ketones (excluding diaryl/α,β-unsaturated/α-hetero) is 1. The van der Waals surface area contributed by atoms with Crippen molar-refractivity contribution in [3.8, 4) is 17.6 Å². The molecule has 0 fully saturated rings. The first-order valence-corrected chi connectivity index (χ1v) is 7.16. The first-order chi connectivity index (χ1) is 11.7. The molecule has 0 spiro atoms. The van der Waals surface area contributed by atoms with Gasteiger partial charge in [0.2, 0.25) is 5.60 Å². The Morgan fingerprint density at radius 1 is 1.20 bits per heavy atom. The van der Waals surface area contributed by atoms with Gasteiger partial charge < -0.3 is 9.84 Å². The lowest BCUT2D eigenvalue weighted by atomic mass is 9.95. The van der Waals surface area contributed by atoms with Gasteiger partial charge in [-0.15, -0.1) is 0 Å². The first kappa shape index (κ1) is 18.5. The van der Waals surface area contributed by atoms with E-state index in [1.807, 2.05) is 0 Å². The molecule has 130 valence electrons. The van der Waals surface area contributed by atoms with Gasteiger partial charge in [-0.3, -0.25) is 9.78 Å². The summed E-state index contributed by atoms with van der Waals surface area (Å²) in [4.78, 5) is 15.7. The van der Waals surface area contributed by atoms with Gasteiger partial charge >= 0.3 is 6.18 Å². The van der Waals surface area contributed by atoms with E-state index in [1.54, 1.807) is 5.92 Å². The highest BCUT2D eigenvalue weighted by molar-refractivity contribution is 5.95. The van der Waals surface area contributed by atoms with Crippen LogP contribution in [0.15, 0.2) is 48.7 Å². The molecule has 1 N–H and O–H groups in total. The van der Waals surface area contributed by atoms with Crippen molar-refractivity contribution in [2.45, 2.75) is 18.2 Å². The Bertz CT molecular complexity index is 792. The average Bonchev–Trinajstić information content (AvgIpc) is 2.60. The van der Waals surface area contributed by atoms with Crippen LogP contribution in [0.1, 0.15) is 22.5 Å². The highest BCUT2D eigenvalue weighted by Gasteiger charge is 2.54. The predicted molar refractivity (Wildman–Crippen MR) is 84.1 cm³/mol. The van der Waals surface area contributed by atoms with Crippen molar-refractivity contribution < 1.29 is 27.8 Å². The van der Waals surface area contributed by atoms with E-state index in [0.717, 1.165) is 0 Å². The number of aromatic nitrogens is 1. The summed E-state index contributed by atoms with van der Waals surface area (Å²) in [5, 5.41) is 9.97. The third-order valence-electron chi connectivity index (χ3n) is 3.34. The average molecular weight is 349 g/mol. The number of hydrogen-bond acceptors (Lipinski definition) is 4. The highest BCUT2D eigenvalue weighted by atomic mass is 19.4. The number of ether oxygens (including phenoxy) is 1. The smallest absolute Gasteiger partial charge is 0.429 e. The summed E-state index contributed by atoms with van der Waals surface area (Å²) in [6.45, 7) is 0. The van der Waals surface area contributed by atoms with Crippen LogP contribution in [-0.2, 0) is 0 Å². The maximum Gasteiger partial charge on any atom is 0.429 e. The minimum atomic E-state index is -5.10. The fourth-order valence-electron chi connectivity index (χ4n) is 1.92. The second-order valence-corrected chi connectivity index (χ2v) is 5.15. The van der Waals surface area contributed by atoms with Crippen molar-refractivity contribution in [3.63, 3.8) is 0 Å². The molecule has 1 aromatic carbocycles. The van der Waals surface area contributed by atoms with Crippen molar-refractivity contribution in [1.82, 2.24) is 4.98 Å². The van der Waals surface area contributed by atoms with Gasteiger partial charge in [0.25, 0.3) is 0 Å². The van der Waals surface area contributed by atoms with Crippen LogP contribution in [0.4, 0.5) is 13.2 Å². The number of methoxy groups -OCH3 is 1. The Morgan fingerprint density at radius 3 is 2.40 bits per heavy atom. The molecule has 1 aromatic heterocycles. The number of alkyl halides is 3. The number of carbonyl (C=O) groups is 1. The number of carbonyl (C=O) groups excluding carboxylic acids is 1. The lowest BCUT2D eigenvalue weighted by molar-refractivity contribution is -0.233. The number of rotatable bonds is 4. The normalized spacial score (nSPS) is 13.3. The van der Waals surface area contributed by atoms with Gasteiger partial charge in [0.15, 0.2) is 5.78 Å². The Kier molecular flexibility index (Phi) is 5.45. The Morgan fingerprint density at radius 2 is 1.88 bits per heavy atom. The molecule has 25 heavy (non-hydrogen) atoms. The van der Waals surface area contributed by atoms with Crippen molar-refractivity contribution >= 4 is 5.78 Å². The van der Waals surface area contributed by atoms with E-state index in [1.165, 1.54) is 55.8 Å². The van der Waals surface area contributed by atoms with E-state index in [2.05, 4.69) is 10.9 Å². The van der Waals surface area contributed by atoms with E-state index in [4.69, 9.17) is 4.74 Å². The molecular formula is C18H14F3NO3. The van der Waals surface area contributed by atoms with Crippen LogP contribution in [0, 0.1) is 11.8 Å². The first-order valence-electron chi connectivity index (χ1n) is 7.16. The lowest BCUT2D eigenvalue weighted by Crippen LogP contribution is -2.45. The van der Waals surface area contributed by atoms with E-state index in [0.29, 0.717) is 5.75 Å². The Hall–Kier alpha value is -2.85. The predicted octanol–water partition coefficient (Wildman–Crippen LogP) is 3.01. The molecule has 4 nitrogen and oxygen atoms in total. The summed E-state index contributed by atoms with van der Waals surface area (Å²) in [5.74, 6) is 3.59. The van der Waals surface area contributed by atoms with Crippen LogP contribution >= 0.6 is 0 Å². The number of nitrogens with zero attached hydrogens (tertiary/aromatic N) is 1. The fourth-order valence-corrected chi connectivity index (χ4v) is 1.92. The van der Waals surface area contributed by atoms with Gasteiger partial charge in [0.1, 0.15) is 11.4 Å². The number of ketones is 1. The van der Waals surface area contributed by atoms with Crippen molar-refractivity contribution in [1.29, 1.82) is 0 Å². The quantitative estimate of drug-likeness (QED) is 0.681. The molecule has 0 amide bonds. The molecule has 7 heteroatoms. The van der Waals surface area contributed by atoms with Crippen LogP contribution in [0.25, 0.3) is 0 Å². The van der Waals surface area contributed by atoms with Crippen LogP contribution in [0.3, 0.4) is 0 Å². The number of aliphatic hydroxyl groups is 1. The largest absolute Gasteiger partial charge is 0.497 e. The number of hydrogen-bond donors (Lipinski definition) is 1. The number of pyridine rings is 1. The summed E-state index contributed by atoms with van der Waals surface area (Å²) in [6, 6.07) is 10.2. The van der Waals surface area contributed by atoms with E-state index in [-0.39, 0.29) is 11.3 Å². The summed E-state index contributed by atoms with van der Waals surface area (Å²) in [7, 11) is 1.45. The van der Waals surface area contributed by atoms with Gasteiger partial charge in [-0.1, -0.05) is 17.9 Å². The second kappa shape index (κ2) is 7.36. The molecule has 0 aliphatic heterocycles. The zero-order valence-electron chi connectivity index (χ0n) is 13.2. The minimum absolute atomic E-state index is 0.170. The molecule has 0 saturated carbocycles. The minimum Gasteiger partial charge on any atom is -0.497 e. The molecule has 1 atom stereocenters. The summed E-state index contributed by atoms with van der Waals surface area (Å²) in [5.41, 5.74) is -3.40. The highest BCUT2D eigenvalue weighted by Crippen LogP contribution is 2.33. The molecule has 0 radical (unpaired) electrons. The van der Waals surface area contributed by atoms with Gasteiger partial charge in [0, 0.05) is 11.8 Å². The zero-order chi connectivity index (χ0) is 18.5. The van der Waals surface area contributed by atoms with Crippen LogP contribution in [-0.4, -0.2) is 34.8 Å². The molecule has 0 aliphatic rings. The second-order valence-electron chi connectivity index (χ2n) is 5.15. The summed E-state index contributed by atoms with van der Waals surface area (Å²) in [6.07, 6.45) is -5.06. The molecule has 1 unspecified atom stereocenters. The third-order valence-corrected chi connectivity index (χ3v) is 3.34. The lowest BCUT2D eigenvalue weighted by Gasteiger charge is -2.24. The number of benzene rings is 1. The van der Waals surface area contributed by atoms with Crippen molar-refractivity contribution in [3.05, 3.63) is 59.9 Å². The van der Waals surface area contributed by atoms with Gasteiger partial charge in [-0.2, -0.15) is 13.2 Å². The molecule has 0 saturated heterocycles. The van der Waals surface area contributed by atoms with Gasteiger partial charge in [0.05, 0.1) is 13.5 Å². The SMILES string of the molecule is COc1ccc(C#CC(O)(CC(=O)c2ccccn2)C(F)(F)F)cc1. The third kappa shape index (κ3) is 4.58. The summed E-state index contributed by atoms with van der Waals surface area (Å²) >= 11 is 0. The molecular weight excluding hydrogens is 335 g/mol. The van der Waals surface area contributed by atoms with Crippen molar-refractivity contribution in [2.75, 3.05) is 7.11 Å². The molecule has 2 rings (SSSR count). The van der Waals surface area contributed by atoms with Gasteiger partial charge in [-0.05, 0) is 36.4 Å². The maximum atomic E-state index is 13.3. The molecule has 0 aliphatic carbocycles. The molecule has 0 bridgehead atoms. The van der Waals surface area contributed by atoms with Crippen LogP contribution in [0.5, 0.6) is 5.75 Å². The standard InChI is InChI=1S/C18H14F3NO3/c1-25-14-7-5-13(6-8-14)9-10-17(24,18(19,20)21)12-16(23)15-4-2-3-11-22-15/h2-8,11,24H,12H2,1H3.